The molecule has 4 unspecified atom stereocenters. The van der Waals surface area contributed by atoms with E-state index in [-0.39, 0.29) is 40.2 Å². The molecule has 0 amide bonds. The molecule has 36 heteroatoms. The average Bonchev–Trinajstić information content (AvgIpc) is 1.69. The van der Waals surface area contributed by atoms with Gasteiger partial charge in [-0.15, -0.1) is 39.6 Å². The molecule has 4 aromatic rings. The molecule has 0 aromatic carbocycles. The van der Waals surface area contributed by atoms with Gasteiger partial charge < -0.3 is 55.5 Å². The summed E-state index contributed by atoms with van der Waals surface area (Å²) in [6, 6.07) is 0. The van der Waals surface area contributed by atoms with Crippen LogP contribution in [0.25, 0.3) is 0 Å². The van der Waals surface area contributed by atoms with E-state index >= 15 is 0 Å². The Labute approximate surface area is 577 Å². The third kappa shape index (κ3) is 23.9. The number of aliphatic hydroxyl groups is 8. The van der Waals surface area contributed by atoms with Gasteiger partial charge in [0.2, 0.25) is 0 Å². The summed E-state index contributed by atoms with van der Waals surface area (Å²) in [6.07, 6.45) is 12.9. The first-order valence-electron chi connectivity index (χ1n) is 31.4. The van der Waals surface area contributed by atoms with E-state index in [2.05, 4.69) is 130 Å². The molecule has 1 radical (unpaired) electrons. The van der Waals surface area contributed by atoms with Gasteiger partial charge in [-0.3, -0.25) is 47.8 Å². The SMILES string of the molecule is C=P(C)(C)CC[C@H]1OC(n2cc(CC(C)=O)c(=O)[nH]c2=O)[C@H](O)[C@@H]1O.C=P(C)(C)CC[C@H]1OC(n2cc(CNC)c(=O)[nH]c2=O)[C@H](O)[C@@H]1O.C=P(C)(C)CC[C@H]1OC(n2cc(CNC)c(=O)[nH]c2=S)[C@H](O)[C@@H]1O.C=P(C)(C)CC[C@H]1OC(n2cc(CNC)c(=O)nc2[Se])[C@H](O)[C@@H]1O. The van der Waals surface area contributed by atoms with Crippen molar-refractivity contribution in [3.8, 4) is 0 Å². The summed E-state index contributed by atoms with van der Waals surface area (Å²) in [4.78, 5) is 93.6. The number of aromatic nitrogens is 8. The Hall–Kier alpha value is -3.87. The molecule has 0 aliphatic carbocycles. The molecule has 14 N–H and O–H groups in total. The van der Waals surface area contributed by atoms with Crippen LogP contribution in [0.3, 0.4) is 0 Å². The van der Waals surface area contributed by atoms with E-state index in [9.17, 15) is 74.4 Å². The van der Waals surface area contributed by atoms with E-state index in [4.69, 9.17) is 31.2 Å². The van der Waals surface area contributed by atoms with Gasteiger partial charge in [0.05, 0.1) is 18.3 Å². The number of Topliss-reactive ketones (excluding diaryl/α,β-unsaturated/α-hetero) is 1. The second-order valence-corrected chi connectivity index (χ2v) is 46.1. The van der Waals surface area contributed by atoms with E-state index in [0.717, 1.165) is 33.8 Å². The van der Waals surface area contributed by atoms with Gasteiger partial charge in [0.1, 0.15) is 42.4 Å². The van der Waals surface area contributed by atoms with Crippen molar-refractivity contribution in [2.75, 3.05) is 99.1 Å². The Balaban J connectivity index is 0.000000234. The van der Waals surface area contributed by atoms with Gasteiger partial charge in [0, 0.05) is 54.8 Å². The summed E-state index contributed by atoms with van der Waals surface area (Å²) in [5.41, 5.74) is -1.80. The zero-order valence-corrected chi connectivity index (χ0v) is 63.4. The Morgan fingerprint density at radius 1 is 0.485 bits per heavy atom. The molecule has 8 rings (SSSR count). The van der Waals surface area contributed by atoms with Crippen LogP contribution in [0.1, 0.15) is 79.8 Å². The minimum atomic E-state index is -1.32. The first-order valence-corrected chi connectivity index (χ1v) is 44.9. The van der Waals surface area contributed by atoms with Crippen LogP contribution >= 0.6 is 39.8 Å². The van der Waals surface area contributed by atoms with Crippen LogP contribution in [0.5, 0.6) is 0 Å². The summed E-state index contributed by atoms with van der Waals surface area (Å²) in [5.74, 6) is -0.233. The molecule has 4 fully saturated rings. The van der Waals surface area contributed by atoms with Crippen molar-refractivity contribution >= 4 is 91.5 Å². The van der Waals surface area contributed by atoms with Gasteiger partial charge in [-0.05, 0) is 111 Å². The van der Waals surface area contributed by atoms with Gasteiger partial charge in [0.25, 0.3) is 16.7 Å². The summed E-state index contributed by atoms with van der Waals surface area (Å²) < 4.78 is 28.9. The van der Waals surface area contributed by atoms with Crippen LogP contribution in [0.4, 0.5) is 0 Å². The van der Waals surface area contributed by atoms with Gasteiger partial charge in [-0.25, -0.2) is 9.59 Å². The van der Waals surface area contributed by atoms with Gasteiger partial charge in [-0.2, -0.15) is 0 Å². The Kier molecular flexibility index (Phi) is 30.9. The number of carbonyl (C=O) groups excluding carboxylic acids is 1. The van der Waals surface area contributed by atoms with E-state index in [1.807, 2.05) is 0 Å². The average molecular weight is 1530 g/mol. The third-order valence-corrected chi connectivity index (χ3v) is 23.0. The maximum absolute atomic E-state index is 12.1. The van der Waals surface area contributed by atoms with Gasteiger partial charge in [0.15, 0.2) is 23.5 Å². The molecule has 0 spiro atoms. The summed E-state index contributed by atoms with van der Waals surface area (Å²) >= 11 is 7.90. The number of nitrogens with one attached hydrogen (secondary N) is 6. The molecular weight excluding hydrogens is 1430 g/mol. The van der Waals surface area contributed by atoms with Crippen LogP contribution in [-0.4, -0.2) is 298 Å². The molecule has 4 aliphatic rings. The maximum atomic E-state index is 12.1. The molecule has 97 heavy (non-hydrogen) atoms. The summed E-state index contributed by atoms with van der Waals surface area (Å²) in [5, 5.41) is 91.0. The van der Waals surface area contributed by atoms with E-state index in [0.29, 0.717) is 60.2 Å². The number of nitrogens with zero attached hydrogens (tertiary/aromatic N) is 5. The van der Waals surface area contributed by atoms with Crippen LogP contribution in [0, 0.1) is 4.77 Å². The van der Waals surface area contributed by atoms with E-state index in [1.54, 1.807) is 38.1 Å². The quantitative estimate of drug-likeness (QED) is 0.0191. The molecule has 0 bridgehead atoms. The third-order valence-electron chi connectivity index (χ3n) is 16.2. The van der Waals surface area contributed by atoms with Crippen LogP contribution < -0.4 is 54.3 Å². The topological polar surface area (TPSA) is 434 Å². The first-order chi connectivity index (χ1) is 44.9. The van der Waals surface area contributed by atoms with Crippen LogP contribution in [-0.2, 0) is 49.8 Å². The van der Waals surface area contributed by atoms with Crippen molar-refractivity contribution < 1.29 is 64.6 Å². The summed E-state index contributed by atoms with van der Waals surface area (Å²) in [7, 11) is 5.15. The monoisotopic (exact) mass is 1530 g/mol. The number of hydrogen-bond donors (Lipinski definition) is 14. The van der Waals surface area contributed by atoms with Crippen molar-refractivity contribution in [1.82, 2.24) is 54.2 Å². The van der Waals surface area contributed by atoms with Crippen molar-refractivity contribution in [3.63, 3.8) is 0 Å². The van der Waals surface area contributed by atoms with Gasteiger partial charge in [-0.1, -0.05) is 0 Å². The Morgan fingerprint density at radius 3 is 1.09 bits per heavy atom. The molecule has 4 saturated heterocycles. The number of carbonyl (C=O) groups is 1. The predicted octanol–water partition coefficient (Wildman–Crippen LogP) is -2.82. The molecule has 4 aromatic heterocycles. The molecule has 4 aliphatic heterocycles. The number of ether oxygens (including phenoxy) is 4. The van der Waals surface area contributed by atoms with E-state index in [1.165, 1.54) is 23.9 Å². The normalized spacial score (nSPS) is 27.3. The fourth-order valence-corrected chi connectivity index (χ4v) is 15.4. The fraction of sp³-hybridized carbons (Fsp3) is 0.656. The first kappa shape index (κ1) is 83.8. The van der Waals surface area contributed by atoms with Gasteiger partial charge >= 0.3 is 161 Å². The number of hydrogen-bond acceptors (Lipinski definition) is 24. The standard InChI is InChI=1S/C16H25N2O6P.C15H26N3O5P.C15H26N3O4PS.C15H25N3O4PSe/c1-9(19)7-10-8-18(16(23)17-14(10)22)15-13(21)12(20)11(24-15)5-6-25(2,3)4;1-16-7-9-8-18(15(22)17-13(9)21)14-12(20)11(19)10(23-14)5-6-24(2,3)4;2*1-16-7-9-8-18(15(24)17-13(9)21)14-12(20)11(19)10(22-14)5-6-23(2,3)4/h8,11-13,15,20-21H,2,5-7H2,1,3-4H3,(H,17,22,23);8,10-12,14,16,19-20H,2,5-7H2,1,3-4H3,(H,17,21,22);8,10-12,14,16,19-20H,2,5-7H2,1,3-4H3,(H,17,21,24);8,10-12,14,16,19-20H,2,5-7H2,1,3-4H3/t11-,12-,13-,15?;3*10-,11-,12-,14?/m1111/s1. The van der Waals surface area contributed by atoms with Crippen LogP contribution in [0.15, 0.2) is 53.6 Å². The zero-order chi connectivity index (χ0) is 73.1. The molecule has 16 atom stereocenters. The number of ketones is 1. The fourth-order valence-electron chi connectivity index (χ4n) is 10.9. The number of aromatic amines is 3. The van der Waals surface area contributed by atoms with Crippen molar-refractivity contribution in [2.24, 2.45) is 0 Å². The van der Waals surface area contributed by atoms with Crippen molar-refractivity contribution in [1.29, 1.82) is 0 Å². The molecule has 0 saturated carbocycles. The summed E-state index contributed by atoms with van der Waals surface area (Å²) in [6.45, 7) is 14.0. The van der Waals surface area contributed by atoms with E-state index < -0.39 is 148 Å². The number of H-pyrrole nitrogens is 3. The van der Waals surface area contributed by atoms with Crippen molar-refractivity contribution in [3.05, 3.63) is 114 Å². The Morgan fingerprint density at radius 2 is 0.763 bits per heavy atom. The van der Waals surface area contributed by atoms with Crippen molar-refractivity contribution in [2.45, 2.75) is 157 Å². The molecule has 30 nitrogen and oxygen atoms in total. The number of aliphatic hydroxyl groups excluding tert-OH is 8. The molecule has 8 heterocycles. The second kappa shape index (κ2) is 35.8. The molecular formula is C61H102N11O19P4SSe. The predicted molar refractivity (Wildman–Crippen MR) is 390 cm³/mol. The zero-order valence-electron chi connectivity index (χ0n) is 57.3. The molecule has 547 valence electrons. The minimum absolute atomic E-state index is 0.102. The second-order valence-electron chi connectivity index (χ2n) is 27.7. The van der Waals surface area contributed by atoms with Crippen LogP contribution in [0.2, 0.25) is 0 Å². The number of rotatable bonds is 24. The Bertz CT molecular complexity index is 3860.